The minimum atomic E-state index is -0.818. The molecule has 6 heteroatoms. The molecular formula is C12H9N3O2S. The first-order valence-electron chi connectivity index (χ1n) is 5.14. The highest BCUT2D eigenvalue weighted by Crippen LogP contribution is 2.23. The van der Waals surface area contributed by atoms with Crippen molar-refractivity contribution < 1.29 is 9.59 Å². The van der Waals surface area contributed by atoms with Gasteiger partial charge in [-0.15, -0.1) is 11.3 Å². The normalized spacial score (nSPS) is 9.72. The Balaban J connectivity index is 2.06. The predicted molar refractivity (Wildman–Crippen MR) is 69.1 cm³/mol. The quantitative estimate of drug-likeness (QED) is 0.633. The molecule has 0 unspecified atom stereocenters. The lowest BCUT2D eigenvalue weighted by Crippen LogP contribution is -2.35. The van der Waals surface area contributed by atoms with Gasteiger partial charge in [0.2, 0.25) is 0 Å². The monoisotopic (exact) mass is 259 g/mol. The molecule has 18 heavy (non-hydrogen) atoms. The average Bonchev–Trinajstić information content (AvgIpc) is 2.83. The van der Waals surface area contributed by atoms with Crippen LogP contribution < -0.4 is 10.6 Å². The van der Waals surface area contributed by atoms with E-state index in [4.69, 9.17) is 5.26 Å². The summed E-state index contributed by atoms with van der Waals surface area (Å²) in [5.41, 5.74) is 0.554. The molecule has 2 amide bonds. The van der Waals surface area contributed by atoms with Crippen molar-refractivity contribution in [3.63, 3.8) is 0 Å². The first-order chi connectivity index (χ1) is 8.70. The molecule has 1 heterocycles. The summed E-state index contributed by atoms with van der Waals surface area (Å²) in [5, 5.41) is 15.9. The Labute approximate surface area is 107 Å². The summed E-state index contributed by atoms with van der Waals surface area (Å²) in [6.45, 7) is -0.185. The highest BCUT2D eigenvalue weighted by Gasteiger charge is 2.12. The van der Waals surface area contributed by atoms with E-state index in [2.05, 4.69) is 10.6 Å². The number of carbonyl (C=O) groups is 2. The Hall–Kier alpha value is -2.39. The highest BCUT2D eigenvalue weighted by molar-refractivity contribution is 7.17. The van der Waals surface area contributed by atoms with Gasteiger partial charge in [-0.05, 0) is 35.0 Å². The van der Waals surface area contributed by atoms with Crippen LogP contribution in [0.2, 0.25) is 0 Å². The Morgan fingerprint density at radius 2 is 2.11 bits per heavy atom. The van der Waals surface area contributed by atoms with Crippen LogP contribution >= 0.6 is 11.3 Å². The molecule has 0 aliphatic heterocycles. The summed E-state index contributed by atoms with van der Waals surface area (Å²) in [5.74, 6) is -1.60. The molecule has 0 fully saturated rings. The number of rotatable bonds is 2. The maximum absolute atomic E-state index is 11.5. The van der Waals surface area contributed by atoms with Gasteiger partial charge in [-0.25, -0.2) is 0 Å². The van der Waals surface area contributed by atoms with Crippen molar-refractivity contribution in [2.75, 3.05) is 11.9 Å². The van der Waals surface area contributed by atoms with Crippen molar-refractivity contribution >= 4 is 38.9 Å². The van der Waals surface area contributed by atoms with Gasteiger partial charge in [0.05, 0.1) is 6.07 Å². The van der Waals surface area contributed by atoms with E-state index in [1.54, 1.807) is 29.5 Å². The topological polar surface area (TPSA) is 82.0 Å². The zero-order valence-corrected chi connectivity index (χ0v) is 10.1. The van der Waals surface area contributed by atoms with Gasteiger partial charge in [0.25, 0.3) is 0 Å². The molecule has 2 N–H and O–H groups in total. The van der Waals surface area contributed by atoms with Gasteiger partial charge >= 0.3 is 11.8 Å². The van der Waals surface area contributed by atoms with Crippen LogP contribution in [-0.2, 0) is 9.59 Å². The lowest BCUT2D eigenvalue weighted by molar-refractivity contribution is -0.136. The summed E-state index contributed by atoms with van der Waals surface area (Å²) in [6.07, 6.45) is 0. The Morgan fingerprint density at radius 1 is 1.28 bits per heavy atom. The van der Waals surface area contributed by atoms with Gasteiger partial charge in [-0.1, -0.05) is 0 Å². The van der Waals surface area contributed by atoms with Crippen LogP contribution in [-0.4, -0.2) is 18.4 Å². The van der Waals surface area contributed by atoms with E-state index in [0.29, 0.717) is 5.69 Å². The molecule has 0 spiro atoms. The van der Waals surface area contributed by atoms with Crippen molar-refractivity contribution in [1.82, 2.24) is 5.32 Å². The third kappa shape index (κ3) is 2.64. The molecule has 0 aliphatic carbocycles. The van der Waals surface area contributed by atoms with Crippen LogP contribution in [0.15, 0.2) is 29.6 Å². The molecule has 0 saturated heterocycles. The molecule has 2 aromatic rings. The van der Waals surface area contributed by atoms with E-state index in [1.807, 2.05) is 17.5 Å². The Kier molecular flexibility index (Phi) is 3.55. The lowest BCUT2D eigenvalue weighted by atomic mass is 10.2. The molecule has 5 nitrogen and oxygen atoms in total. The maximum atomic E-state index is 11.5. The molecule has 90 valence electrons. The van der Waals surface area contributed by atoms with Crippen molar-refractivity contribution in [1.29, 1.82) is 5.26 Å². The number of fused-ring (bicyclic) bond motifs is 1. The fourth-order valence-electron chi connectivity index (χ4n) is 1.43. The number of nitriles is 1. The van der Waals surface area contributed by atoms with Crippen LogP contribution in [0.3, 0.4) is 0 Å². The third-order valence-electron chi connectivity index (χ3n) is 2.24. The predicted octanol–water partition coefficient (Wildman–Crippen LogP) is 1.48. The van der Waals surface area contributed by atoms with Gasteiger partial charge < -0.3 is 10.6 Å². The summed E-state index contributed by atoms with van der Waals surface area (Å²) < 4.78 is 1.11. The number of hydrogen-bond acceptors (Lipinski definition) is 4. The summed E-state index contributed by atoms with van der Waals surface area (Å²) in [7, 11) is 0. The third-order valence-corrected chi connectivity index (χ3v) is 3.14. The SMILES string of the molecule is N#CCNC(=O)C(=O)Nc1ccc2sccc2c1. The molecule has 1 aromatic carbocycles. The van der Waals surface area contributed by atoms with Crippen LogP contribution in [0.25, 0.3) is 10.1 Å². The number of anilines is 1. The lowest BCUT2D eigenvalue weighted by Gasteiger charge is -2.04. The zero-order valence-electron chi connectivity index (χ0n) is 9.27. The second-order valence-electron chi connectivity index (χ2n) is 3.47. The second-order valence-corrected chi connectivity index (χ2v) is 4.42. The van der Waals surface area contributed by atoms with E-state index in [1.165, 1.54) is 0 Å². The molecule has 0 bridgehead atoms. The van der Waals surface area contributed by atoms with Gasteiger partial charge in [0.1, 0.15) is 6.54 Å². The summed E-state index contributed by atoms with van der Waals surface area (Å²) in [4.78, 5) is 22.7. The summed E-state index contributed by atoms with van der Waals surface area (Å²) in [6, 6.07) is 9.06. The minimum absolute atomic E-state index is 0.185. The van der Waals surface area contributed by atoms with E-state index in [9.17, 15) is 9.59 Å². The molecule has 2 rings (SSSR count). The van der Waals surface area contributed by atoms with Gasteiger partial charge in [-0.2, -0.15) is 5.26 Å². The number of nitrogens with zero attached hydrogens (tertiary/aromatic N) is 1. The molecule has 0 aliphatic rings. The van der Waals surface area contributed by atoms with Crippen LogP contribution in [0.4, 0.5) is 5.69 Å². The van der Waals surface area contributed by atoms with Gasteiger partial charge in [-0.3, -0.25) is 9.59 Å². The minimum Gasteiger partial charge on any atom is -0.335 e. The number of amides is 2. The van der Waals surface area contributed by atoms with E-state index < -0.39 is 11.8 Å². The fourth-order valence-corrected chi connectivity index (χ4v) is 2.20. The molecule has 1 aromatic heterocycles. The van der Waals surface area contributed by atoms with Crippen molar-refractivity contribution in [2.24, 2.45) is 0 Å². The van der Waals surface area contributed by atoms with Crippen LogP contribution in [0, 0.1) is 11.3 Å². The number of thiophene rings is 1. The fraction of sp³-hybridized carbons (Fsp3) is 0.0833. The second kappa shape index (κ2) is 5.29. The molecule has 0 radical (unpaired) electrons. The van der Waals surface area contributed by atoms with E-state index >= 15 is 0 Å². The number of nitrogens with one attached hydrogen (secondary N) is 2. The van der Waals surface area contributed by atoms with Gasteiger partial charge in [0.15, 0.2) is 0 Å². The first kappa shape index (κ1) is 12.1. The van der Waals surface area contributed by atoms with Crippen molar-refractivity contribution in [2.45, 2.75) is 0 Å². The average molecular weight is 259 g/mol. The zero-order chi connectivity index (χ0) is 13.0. The summed E-state index contributed by atoms with van der Waals surface area (Å²) >= 11 is 1.60. The van der Waals surface area contributed by atoms with Crippen molar-refractivity contribution in [3.8, 4) is 6.07 Å². The molecular weight excluding hydrogens is 250 g/mol. The largest absolute Gasteiger partial charge is 0.335 e. The highest BCUT2D eigenvalue weighted by atomic mass is 32.1. The Bertz CT molecular complexity index is 642. The van der Waals surface area contributed by atoms with Gasteiger partial charge in [0, 0.05) is 10.4 Å². The smallest absolute Gasteiger partial charge is 0.313 e. The van der Waals surface area contributed by atoms with Crippen LogP contribution in [0.1, 0.15) is 0 Å². The number of carbonyl (C=O) groups excluding carboxylic acids is 2. The van der Waals surface area contributed by atoms with Crippen LogP contribution in [0.5, 0.6) is 0 Å². The Morgan fingerprint density at radius 3 is 2.89 bits per heavy atom. The first-order valence-corrected chi connectivity index (χ1v) is 6.02. The number of hydrogen-bond donors (Lipinski definition) is 2. The number of benzene rings is 1. The molecule has 0 atom stereocenters. The van der Waals surface area contributed by atoms with E-state index in [-0.39, 0.29) is 6.54 Å². The van der Waals surface area contributed by atoms with Crippen molar-refractivity contribution in [3.05, 3.63) is 29.6 Å². The molecule has 0 saturated carbocycles. The standard InChI is InChI=1S/C12H9N3O2S/c13-4-5-14-11(16)12(17)15-9-1-2-10-8(7-9)3-6-18-10/h1-3,6-7H,5H2,(H,14,16)(H,15,17). The van der Waals surface area contributed by atoms with E-state index in [0.717, 1.165) is 10.1 Å². The maximum Gasteiger partial charge on any atom is 0.313 e.